The quantitative estimate of drug-likeness (QED) is 0.891. The van der Waals surface area contributed by atoms with Gasteiger partial charge >= 0.3 is 0 Å². The molecule has 0 spiro atoms. The summed E-state index contributed by atoms with van der Waals surface area (Å²) < 4.78 is 0. The zero-order chi connectivity index (χ0) is 15.4. The molecule has 5 heteroatoms. The van der Waals surface area contributed by atoms with Crippen molar-refractivity contribution >= 4 is 5.69 Å². The first-order valence-electron chi connectivity index (χ1n) is 8.16. The lowest BCUT2D eigenvalue weighted by atomic mass is 10.1. The Hall–Kier alpha value is -1.61. The molecule has 3 rings (SSSR count). The number of hydrogen-bond donors (Lipinski definition) is 1. The van der Waals surface area contributed by atoms with E-state index in [0.29, 0.717) is 0 Å². The van der Waals surface area contributed by atoms with Gasteiger partial charge in [-0.15, -0.1) is 0 Å². The molecule has 2 heterocycles. The third-order valence-corrected chi connectivity index (χ3v) is 4.68. The molecule has 0 amide bonds. The minimum atomic E-state index is 0.816. The molecule has 2 aliphatic heterocycles. The van der Waals surface area contributed by atoms with Gasteiger partial charge in [-0.3, -0.25) is 4.90 Å². The Morgan fingerprint density at radius 3 is 2.50 bits per heavy atom. The van der Waals surface area contributed by atoms with Gasteiger partial charge in [0.2, 0.25) is 0 Å². The molecule has 1 N–H and O–H groups in total. The molecule has 118 valence electrons. The Kier molecular flexibility index (Phi) is 4.94. The maximum atomic E-state index is 9.38. The lowest BCUT2D eigenvalue weighted by Gasteiger charge is -2.34. The van der Waals surface area contributed by atoms with E-state index < -0.39 is 0 Å². The van der Waals surface area contributed by atoms with Gasteiger partial charge in [0.25, 0.3) is 0 Å². The normalized spacial score (nSPS) is 20.8. The van der Waals surface area contributed by atoms with Crippen LogP contribution in [0.3, 0.4) is 0 Å². The van der Waals surface area contributed by atoms with Crippen LogP contribution >= 0.6 is 0 Å². The van der Waals surface area contributed by atoms with Gasteiger partial charge in [0, 0.05) is 64.6 Å². The minimum Gasteiger partial charge on any atom is -0.369 e. The van der Waals surface area contributed by atoms with Crippen molar-refractivity contribution in [3.63, 3.8) is 0 Å². The van der Waals surface area contributed by atoms with E-state index in [1.54, 1.807) is 0 Å². The van der Waals surface area contributed by atoms with Gasteiger partial charge in [-0.05, 0) is 30.8 Å². The molecule has 2 aliphatic rings. The first-order chi connectivity index (χ1) is 10.8. The number of nitrogens with one attached hydrogen (secondary N) is 1. The highest BCUT2D eigenvalue weighted by atomic mass is 15.2. The number of rotatable bonds is 3. The molecule has 0 radical (unpaired) electrons. The van der Waals surface area contributed by atoms with Crippen molar-refractivity contribution in [1.29, 1.82) is 5.26 Å². The number of benzene rings is 1. The smallest absolute Gasteiger partial charge is 0.0995 e. The van der Waals surface area contributed by atoms with Crippen LogP contribution in [0.5, 0.6) is 0 Å². The van der Waals surface area contributed by atoms with Crippen LogP contribution in [-0.2, 0) is 6.54 Å². The third kappa shape index (κ3) is 3.58. The van der Waals surface area contributed by atoms with Gasteiger partial charge in [-0.1, -0.05) is 0 Å². The van der Waals surface area contributed by atoms with Crippen LogP contribution in [0.15, 0.2) is 18.2 Å². The van der Waals surface area contributed by atoms with Crippen molar-refractivity contribution in [2.24, 2.45) is 0 Å². The van der Waals surface area contributed by atoms with Crippen LogP contribution in [0.25, 0.3) is 0 Å². The topological polar surface area (TPSA) is 45.5 Å². The Balaban J connectivity index is 1.75. The van der Waals surface area contributed by atoms with E-state index in [9.17, 15) is 5.26 Å². The molecule has 22 heavy (non-hydrogen) atoms. The van der Waals surface area contributed by atoms with Gasteiger partial charge in [0.1, 0.15) is 0 Å². The third-order valence-electron chi connectivity index (χ3n) is 4.68. The highest BCUT2D eigenvalue weighted by Gasteiger charge is 2.17. The molecular weight excluding hydrogens is 274 g/mol. The number of anilines is 1. The van der Waals surface area contributed by atoms with Crippen LogP contribution in [0, 0.1) is 11.3 Å². The average Bonchev–Trinajstić information content (AvgIpc) is 2.56. The predicted octanol–water partition coefficient (Wildman–Crippen LogP) is 0.715. The predicted molar refractivity (Wildman–Crippen MR) is 89.0 cm³/mol. The minimum absolute atomic E-state index is 0.816. The number of likely N-dealkylation sites (N-methyl/N-ethyl adjacent to an activating group) is 1. The van der Waals surface area contributed by atoms with Gasteiger partial charge < -0.3 is 15.1 Å². The molecule has 5 nitrogen and oxygen atoms in total. The molecule has 2 saturated heterocycles. The van der Waals surface area contributed by atoms with Crippen LogP contribution in [0.4, 0.5) is 5.69 Å². The Labute approximate surface area is 133 Å². The fourth-order valence-electron chi connectivity index (χ4n) is 3.19. The highest BCUT2D eigenvalue weighted by Crippen LogP contribution is 2.22. The Morgan fingerprint density at radius 1 is 1.09 bits per heavy atom. The number of nitriles is 1. The number of piperazine rings is 2. The number of nitrogens with zero attached hydrogens (tertiary/aromatic N) is 4. The summed E-state index contributed by atoms with van der Waals surface area (Å²) in [6.07, 6.45) is 0. The lowest BCUT2D eigenvalue weighted by Crippen LogP contribution is -2.44. The van der Waals surface area contributed by atoms with Crippen molar-refractivity contribution in [3.8, 4) is 6.07 Å². The van der Waals surface area contributed by atoms with Gasteiger partial charge in [0.15, 0.2) is 0 Å². The molecule has 2 fully saturated rings. The summed E-state index contributed by atoms with van der Waals surface area (Å²) in [5, 5.41) is 12.8. The standard InChI is InChI=1S/C17H25N5/c1-20-8-10-22(11-9-20)17-3-2-15(13-18)16(12-17)14-21-6-4-19-5-7-21/h2-3,12,19H,4-11,14H2,1H3. The van der Waals surface area contributed by atoms with Crippen LogP contribution in [0.2, 0.25) is 0 Å². The van der Waals surface area contributed by atoms with Gasteiger partial charge in [-0.2, -0.15) is 5.26 Å². The molecule has 0 saturated carbocycles. The first kappa shape index (κ1) is 15.3. The zero-order valence-electron chi connectivity index (χ0n) is 13.4. The fourth-order valence-corrected chi connectivity index (χ4v) is 3.19. The average molecular weight is 299 g/mol. The molecule has 0 bridgehead atoms. The van der Waals surface area contributed by atoms with E-state index >= 15 is 0 Å². The van der Waals surface area contributed by atoms with E-state index in [-0.39, 0.29) is 0 Å². The molecule has 0 atom stereocenters. The molecule has 1 aromatic rings. The van der Waals surface area contributed by atoms with Crippen LogP contribution < -0.4 is 10.2 Å². The zero-order valence-corrected chi connectivity index (χ0v) is 13.4. The van der Waals surface area contributed by atoms with Crippen LogP contribution in [0.1, 0.15) is 11.1 Å². The SMILES string of the molecule is CN1CCN(c2ccc(C#N)c(CN3CCNCC3)c2)CC1. The lowest BCUT2D eigenvalue weighted by molar-refractivity contribution is 0.233. The molecule has 1 aromatic carbocycles. The van der Waals surface area contributed by atoms with Crippen molar-refractivity contribution in [2.45, 2.75) is 6.54 Å². The maximum absolute atomic E-state index is 9.38. The number of hydrogen-bond acceptors (Lipinski definition) is 5. The Bertz CT molecular complexity index is 536. The second-order valence-electron chi connectivity index (χ2n) is 6.27. The summed E-state index contributed by atoms with van der Waals surface area (Å²) >= 11 is 0. The summed E-state index contributed by atoms with van der Waals surface area (Å²) in [5.41, 5.74) is 3.24. The van der Waals surface area contributed by atoms with Crippen molar-refractivity contribution in [2.75, 3.05) is 64.3 Å². The van der Waals surface area contributed by atoms with E-state index in [4.69, 9.17) is 0 Å². The molecule has 0 aromatic heterocycles. The summed E-state index contributed by atoms with van der Waals surface area (Å²) in [5.74, 6) is 0. The van der Waals surface area contributed by atoms with E-state index in [1.807, 2.05) is 6.07 Å². The summed E-state index contributed by atoms with van der Waals surface area (Å²) in [6, 6.07) is 8.67. The van der Waals surface area contributed by atoms with Crippen molar-refractivity contribution < 1.29 is 0 Å². The fraction of sp³-hybridized carbons (Fsp3) is 0.588. The van der Waals surface area contributed by atoms with E-state index in [1.165, 1.54) is 11.3 Å². The molecular formula is C17H25N5. The molecule has 0 aliphatic carbocycles. The first-order valence-corrected chi connectivity index (χ1v) is 8.16. The maximum Gasteiger partial charge on any atom is 0.0995 e. The summed E-state index contributed by atoms with van der Waals surface area (Å²) in [7, 11) is 2.17. The van der Waals surface area contributed by atoms with Crippen molar-refractivity contribution in [1.82, 2.24) is 15.1 Å². The molecule has 0 unspecified atom stereocenters. The van der Waals surface area contributed by atoms with E-state index in [2.05, 4.69) is 45.3 Å². The second-order valence-corrected chi connectivity index (χ2v) is 6.27. The second kappa shape index (κ2) is 7.10. The largest absolute Gasteiger partial charge is 0.369 e. The van der Waals surface area contributed by atoms with Crippen molar-refractivity contribution in [3.05, 3.63) is 29.3 Å². The van der Waals surface area contributed by atoms with E-state index in [0.717, 1.165) is 64.5 Å². The Morgan fingerprint density at radius 2 is 1.82 bits per heavy atom. The van der Waals surface area contributed by atoms with Crippen LogP contribution in [-0.4, -0.2) is 69.2 Å². The summed E-state index contributed by atoms with van der Waals surface area (Å²) in [6.45, 7) is 9.42. The van der Waals surface area contributed by atoms with Gasteiger partial charge in [0.05, 0.1) is 11.6 Å². The monoisotopic (exact) mass is 299 g/mol. The highest BCUT2D eigenvalue weighted by molar-refractivity contribution is 5.54. The summed E-state index contributed by atoms with van der Waals surface area (Å²) in [4.78, 5) is 7.23. The van der Waals surface area contributed by atoms with Gasteiger partial charge in [-0.25, -0.2) is 0 Å².